The van der Waals surface area contributed by atoms with Gasteiger partial charge in [0.25, 0.3) is 0 Å². The normalized spacial score (nSPS) is 11.5. The van der Waals surface area contributed by atoms with Gasteiger partial charge in [0.1, 0.15) is 17.5 Å². The second-order valence-corrected chi connectivity index (χ2v) is 4.35. The summed E-state index contributed by atoms with van der Waals surface area (Å²) in [5.41, 5.74) is 4.86. The van der Waals surface area contributed by atoms with Crippen molar-refractivity contribution in [2.75, 3.05) is 24.3 Å². The van der Waals surface area contributed by atoms with Crippen LogP contribution in [0, 0.1) is 0 Å². The highest BCUT2D eigenvalue weighted by Crippen LogP contribution is 2.15. The molecule has 96 valence electrons. The van der Waals surface area contributed by atoms with E-state index in [-0.39, 0.29) is 13.2 Å². The summed E-state index contributed by atoms with van der Waals surface area (Å²) in [4.78, 5) is 8.39. The van der Waals surface area contributed by atoms with Crippen LogP contribution in [0.2, 0.25) is 0 Å². The van der Waals surface area contributed by atoms with Crippen molar-refractivity contribution in [3.05, 3.63) is 11.9 Å². The Kier molecular flexibility index (Phi) is 4.65. The summed E-state index contributed by atoms with van der Waals surface area (Å²) in [7, 11) is 0. The molecule has 0 amide bonds. The summed E-state index contributed by atoms with van der Waals surface area (Å²) in [5.74, 6) is 1.56. The average molecular weight is 240 g/mol. The number of nitrogens with zero attached hydrogens (tertiary/aromatic N) is 2. The summed E-state index contributed by atoms with van der Waals surface area (Å²) in [6, 6.07) is 1.59. The molecule has 0 bridgehead atoms. The van der Waals surface area contributed by atoms with Gasteiger partial charge in [0.05, 0.1) is 18.8 Å². The monoisotopic (exact) mass is 240 g/mol. The first-order valence-corrected chi connectivity index (χ1v) is 5.66. The number of nitrogen functional groups attached to an aromatic ring is 1. The SMILES string of the molecule is CCCc1nc(N)cc(NC(C)(CO)CO)n1. The smallest absolute Gasteiger partial charge is 0.133 e. The number of nitrogens with one attached hydrogen (secondary N) is 1. The summed E-state index contributed by atoms with van der Waals surface area (Å²) >= 11 is 0. The zero-order valence-electron chi connectivity index (χ0n) is 10.3. The third-order valence-corrected chi connectivity index (χ3v) is 2.39. The molecule has 0 aromatic carbocycles. The number of aliphatic hydroxyl groups is 2. The number of rotatable bonds is 6. The highest BCUT2D eigenvalue weighted by atomic mass is 16.3. The van der Waals surface area contributed by atoms with Gasteiger partial charge in [0.2, 0.25) is 0 Å². The van der Waals surface area contributed by atoms with Crippen LogP contribution >= 0.6 is 0 Å². The van der Waals surface area contributed by atoms with Crippen LogP contribution in [0.1, 0.15) is 26.1 Å². The van der Waals surface area contributed by atoms with Crippen LogP contribution in [0.4, 0.5) is 11.6 Å². The topological polar surface area (TPSA) is 104 Å². The Bertz CT molecular complexity index is 366. The van der Waals surface area contributed by atoms with Crippen molar-refractivity contribution in [3.63, 3.8) is 0 Å². The second kappa shape index (κ2) is 5.79. The van der Waals surface area contributed by atoms with Crippen molar-refractivity contribution >= 4 is 11.6 Å². The number of hydrogen-bond donors (Lipinski definition) is 4. The van der Waals surface area contributed by atoms with Gasteiger partial charge in [-0.3, -0.25) is 0 Å². The zero-order chi connectivity index (χ0) is 12.9. The average Bonchev–Trinajstić information content (AvgIpc) is 2.28. The first-order valence-electron chi connectivity index (χ1n) is 5.66. The maximum absolute atomic E-state index is 9.19. The molecule has 0 aliphatic rings. The Balaban J connectivity index is 2.90. The van der Waals surface area contributed by atoms with Crippen LogP contribution in [-0.2, 0) is 6.42 Å². The van der Waals surface area contributed by atoms with Crippen LogP contribution in [0.25, 0.3) is 0 Å². The number of aryl methyl sites for hydroxylation is 1. The van der Waals surface area contributed by atoms with Crippen molar-refractivity contribution < 1.29 is 10.2 Å². The Labute approximate surface area is 101 Å². The molecular formula is C11H20N4O2. The fourth-order valence-corrected chi connectivity index (χ4v) is 1.36. The van der Waals surface area contributed by atoms with Crippen LogP contribution in [0.3, 0.4) is 0 Å². The quantitative estimate of drug-likeness (QED) is 0.565. The van der Waals surface area contributed by atoms with E-state index in [1.54, 1.807) is 13.0 Å². The number of anilines is 2. The summed E-state index contributed by atoms with van der Waals surface area (Å²) < 4.78 is 0. The standard InChI is InChI=1S/C11H20N4O2/c1-3-4-9-13-8(12)5-10(14-9)15-11(2,6-16)7-17/h5,16-17H,3-4,6-7H2,1-2H3,(H3,12,13,14,15). The Hall–Kier alpha value is -1.40. The number of nitrogens with two attached hydrogens (primary N) is 1. The molecule has 6 nitrogen and oxygen atoms in total. The molecule has 0 atom stereocenters. The zero-order valence-corrected chi connectivity index (χ0v) is 10.3. The number of aromatic nitrogens is 2. The lowest BCUT2D eigenvalue weighted by molar-refractivity contribution is 0.147. The van der Waals surface area contributed by atoms with Crippen LogP contribution in [-0.4, -0.2) is 38.9 Å². The predicted molar refractivity (Wildman–Crippen MR) is 66.6 cm³/mol. The first kappa shape index (κ1) is 13.7. The van der Waals surface area contributed by atoms with Crippen molar-refractivity contribution in [2.24, 2.45) is 0 Å². The molecule has 1 aromatic rings. The Morgan fingerprint density at radius 3 is 2.53 bits per heavy atom. The maximum atomic E-state index is 9.19. The first-order chi connectivity index (χ1) is 8.03. The van der Waals surface area contributed by atoms with Crippen molar-refractivity contribution in [1.82, 2.24) is 9.97 Å². The van der Waals surface area contributed by atoms with E-state index in [1.165, 1.54) is 0 Å². The van der Waals surface area contributed by atoms with Gasteiger partial charge in [-0.05, 0) is 13.3 Å². The van der Waals surface area contributed by atoms with Gasteiger partial charge < -0.3 is 21.3 Å². The molecule has 0 saturated heterocycles. The highest BCUT2D eigenvalue weighted by Gasteiger charge is 2.22. The van der Waals surface area contributed by atoms with Gasteiger partial charge in [-0.25, -0.2) is 9.97 Å². The van der Waals surface area contributed by atoms with Crippen molar-refractivity contribution in [1.29, 1.82) is 0 Å². The van der Waals surface area contributed by atoms with Crippen molar-refractivity contribution in [3.8, 4) is 0 Å². The summed E-state index contributed by atoms with van der Waals surface area (Å²) in [5, 5.41) is 21.3. The van der Waals surface area contributed by atoms with Gasteiger partial charge in [-0.2, -0.15) is 0 Å². The molecule has 0 aliphatic heterocycles. The van der Waals surface area contributed by atoms with Gasteiger partial charge in [0, 0.05) is 12.5 Å². The molecule has 0 radical (unpaired) electrons. The Morgan fingerprint density at radius 2 is 2.00 bits per heavy atom. The van der Waals surface area contributed by atoms with Gasteiger partial charge in [-0.15, -0.1) is 0 Å². The molecule has 6 heteroatoms. The number of aliphatic hydroxyl groups excluding tert-OH is 2. The van der Waals surface area contributed by atoms with E-state index in [2.05, 4.69) is 15.3 Å². The lowest BCUT2D eigenvalue weighted by Gasteiger charge is -2.27. The van der Waals surface area contributed by atoms with E-state index >= 15 is 0 Å². The van der Waals surface area contributed by atoms with Gasteiger partial charge in [0.15, 0.2) is 0 Å². The van der Waals surface area contributed by atoms with E-state index in [4.69, 9.17) is 5.73 Å². The van der Waals surface area contributed by atoms with Gasteiger partial charge in [-0.1, -0.05) is 6.92 Å². The minimum absolute atomic E-state index is 0.198. The highest BCUT2D eigenvalue weighted by molar-refractivity contribution is 5.46. The third-order valence-electron chi connectivity index (χ3n) is 2.39. The molecular weight excluding hydrogens is 220 g/mol. The fraction of sp³-hybridized carbons (Fsp3) is 0.636. The minimum Gasteiger partial charge on any atom is -0.394 e. The number of hydrogen-bond acceptors (Lipinski definition) is 6. The predicted octanol–water partition coefficient (Wildman–Crippen LogP) is 0.166. The molecule has 1 heterocycles. The van der Waals surface area contributed by atoms with E-state index in [9.17, 15) is 10.2 Å². The van der Waals surface area contributed by atoms with Crippen LogP contribution in [0.5, 0.6) is 0 Å². The van der Waals surface area contributed by atoms with Gasteiger partial charge >= 0.3 is 0 Å². The summed E-state index contributed by atoms with van der Waals surface area (Å²) in [6.07, 6.45) is 1.68. The lowest BCUT2D eigenvalue weighted by Crippen LogP contribution is -2.42. The third kappa shape index (κ3) is 3.83. The van der Waals surface area contributed by atoms with E-state index in [0.717, 1.165) is 12.8 Å². The van der Waals surface area contributed by atoms with Crippen LogP contribution < -0.4 is 11.1 Å². The van der Waals surface area contributed by atoms with E-state index in [1.807, 2.05) is 6.92 Å². The lowest BCUT2D eigenvalue weighted by atomic mass is 10.1. The largest absolute Gasteiger partial charge is 0.394 e. The molecule has 5 N–H and O–H groups in total. The molecule has 1 rings (SSSR count). The second-order valence-electron chi connectivity index (χ2n) is 4.35. The maximum Gasteiger partial charge on any atom is 0.133 e. The molecule has 1 aromatic heterocycles. The minimum atomic E-state index is -0.815. The molecule has 0 unspecified atom stereocenters. The van der Waals surface area contributed by atoms with E-state index < -0.39 is 5.54 Å². The molecule has 0 spiro atoms. The molecule has 0 fully saturated rings. The van der Waals surface area contributed by atoms with Crippen molar-refractivity contribution in [2.45, 2.75) is 32.2 Å². The molecule has 0 aliphatic carbocycles. The fourth-order valence-electron chi connectivity index (χ4n) is 1.36. The molecule has 0 saturated carbocycles. The summed E-state index contributed by atoms with van der Waals surface area (Å²) in [6.45, 7) is 3.34. The van der Waals surface area contributed by atoms with Crippen LogP contribution in [0.15, 0.2) is 6.07 Å². The Morgan fingerprint density at radius 1 is 1.35 bits per heavy atom. The van der Waals surface area contributed by atoms with E-state index in [0.29, 0.717) is 17.5 Å². The molecule has 17 heavy (non-hydrogen) atoms.